The highest BCUT2D eigenvalue weighted by Gasteiger charge is 2.35. The Morgan fingerprint density at radius 3 is 2.55 bits per heavy atom. The average molecular weight is 293 g/mol. The SMILES string of the molecule is CCc1ccc(CC)c(C(=O)C(C)[S+]2CCOCC2)c1. The van der Waals surface area contributed by atoms with Crippen molar-refractivity contribution in [3.8, 4) is 0 Å². The van der Waals surface area contributed by atoms with Crippen LogP contribution in [0.5, 0.6) is 0 Å². The molecule has 0 bridgehead atoms. The van der Waals surface area contributed by atoms with Gasteiger partial charge in [-0.15, -0.1) is 0 Å². The zero-order valence-corrected chi connectivity index (χ0v) is 13.6. The van der Waals surface area contributed by atoms with Crippen LogP contribution in [0.2, 0.25) is 0 Å². The molecule has 1 heterocycles. The van der Waals surface area contributed by atoms with E-state index < -0.39 is 0 Å². The number of hydrogen-bond donors (Lipinski definition) is 0. The summed E-state index contributed by atoms with van der Waals surface area (Å²) in [6, 6.07) is 6.39. The van der Waals surface area contributed by atoms with Crippen molar-refractivity contribution < 1.29 is 9.53 Å². The van der Waals surface area contributed by atoms with Crippen molar-refractivity contribution in [2.75, 3.05) is 24.7 Å². The molecule has 0 amide bonds. The summed E-state index contributed by atoms with van der Waals surface area (Å²) < 4.78 is 5.41. The molecule has 110 valence electrons. The van der Waals surface area contributed by atoms with Gasteiger partial charge in [-0.05, 0) is 37.0 Å². The van der Waals surface area contributed by atoms with E-state index in [0.29, 0.717) is 5.78 Å². The minimum absolute atomic E-state index is 0.135. The summed E-state index contributed by atoms with van der Waals surface area (Å²) in [4.78, 5) is 12.9. The Bertz CT molecular complexity index is 464. The largest absolute Gasteiger partial charge is 0.372 e. The van der Waals surface area contributed by atoms with Crippen LogP contribution in [0.3, 0.4) is 0 Å². The lowest BCUT2D eigenvalue weighted by Gasteiger charge is -2.20. The third-order valence-electron chi connectivity index (χ3n) is 4.08. The minimum Gasteiger partial charge on any atom is -0.372 e. The molecule has 0 aromatic heterocycles. The molecule has 20 heavy (non-hydrogen) atoms. The lowest BCUT2D eigenvalue weighted by molar-refractivity contribution is 0.0990. The van der Waals surface area contributed by atoms with Gasteiger partial charge in [0.15, 0.2) is 5.25 Å². The third-order valence-corrected chi connectivity index (χ3v) is 6.67. The zero-order chi connectivity index (χ0) is 14.5. The maximum atomic E-state index is 12.9. The fourth-order valence-electron chi connectivity index (χ4n) is 2.64. The van der Waals surface area contributed by atoms with Crippen molar-refractivity contribution in [1.82, 2.24) is 0 Å². The summed E-state index contributed by atoms with van der Waals surface area (Å²) in [7, 11) is 0.187. The predicted octanol–water partition coefficient (Wildman–Crippen LogP) is 3.03. The van der Waals surface area contributed by atoms with Crippen LogP contribution in [0, 0.1) is 0 Å². The van der Waals surface area contributed by atoms with Crippen LogP contribution in [-0.2, 0) is 28.5 Å². The minimum atomic E-state index is 0.135. The fraction of sp³-hybridized carbons (Fsp3) is 0.588. The third kappa shape index (κ3) is 3.44. The number of Topliss-reactive ketones (excluding diaryl/α,β-unsaturated/α-hetero) is 1. The van der Waals surface area contributed by atoms with Crippen LogP contribution >= 0.6 is 0 Å². The Kier molecular flexibility index (Phi) is 5.67. The first kappa shape index (κ1) is 15.6. The molecule has 1 fully saturated rings. The summed E-state index contributed by atoms with van der Waals surface area (Å²) in [6.45, 7) is 8.00. The summed E-state index contributed by atoms with van der Waals surface area (Å²) >= 11 is 0. The molecule has 0 spiro atoms. The van der Waals surface area contributed by atoms with Crippen LogP contribution in [0.15, 0.2) is 18.2 Å². The van der Waals surface area contributed by atoms with E-state index in [4.69, 9.17) is 4.74 Å². The smallest absolute Gasteiger partial charge is 0.214 e. The van der Waals surface area contributed by atoms with E-state index in [9.17, 15) is 4.79 Å². The Morgan fingerprint density at radius 1 is 1.25 bits per heavy atom. The van der Waals surface area contributed by atoms with Crippen LogP contribution in [0.4, 0.5) is 0 Å². The van der Waals surface area contributed by atoms with E-state index in [-0.39, 0.29) is 16.1 Å². The molecule has 0 aliphatic carbocycles. The standard InChI is InChI=1S/C17H25O2S/c1-4-14-6-7-15(5-2)16(12-14)17(18)13(3)20-10-8-19-9-11-20/h6-7,12-13H,4-5,8-11H2,1-3H3/q+1. The first-order valence-corrected chi connectivity index (χ1v) is 9.20. The zero-order valence-electron chi connectivity index (χ0n) is 12.8. The Hall–Kier alpha value is -0.800. The van der Waals surface area contributed by atoms with Crippen molar-refractivity contribution >= 4 is 16.7 Å². The second-order valence-corrected chi connectivity index (χ2v) is 7.86. The maximum Gasteiger partial charge on any atom is 0.214 e. The molecular formula is C17H25O2S+. The van der Waals surface area contributed by atoms with Crippen molar-refractivity contribution in [3.05, 3.63) is 34.9 Å². The van der Waals surface area contributed by atoms with Gasteiger partial charge < -0.3 is 4.74 Å². The molecular weight excluding hydrogens is 268 g/mol. The number of carbonyl (C=O) groups excluding carboxylic acids is 1. The van der Waals surface area contributed by atoms with Gasteiger partial charge in [-0.1, -0.05) is 26.0 Å². The van der Waals surface area contributed by atoms with E-state index >= 15 is 0 Å². The molecule has 1 aromatic rings. The number of hydrogen-bond acceptors (Lipinski definition) is 2. The number of ketones is 1. The van der Waals surface area contributed by atoms with Gasteiger partial charge >= 0.3 is 0 Å². The van der Waals surface area contributed by atoms with Gasteiger partial charge in [0.2, 0.25) is 5.78 Å². The average Bonchev–Trinajstić information content (AvgIpc) is 2.53. The number of carbonyl (C=O) groups is 1. The monoisotopic (exact) mass is 293 g/mol. The molecule has 1 aliphatic rings. The van der Waals surface area contributed by atoms with Gasteiger partial charge in [0.05, 0.1) is 13.2 Å². The molecule has 0 N–H and O–H groups in total. The summed E-state index contributed by atoms with van der Waals surface area (Å²) in [5, 5.41) is 0.135. The highest BCUT2D eigenvalue weighted by atomic mass is 32.2. The van der Waals surface area contributed by atoms with Crippen molar-refractivity contribution in [2.45, 2.75) is 38.9 Å². The first-order valence-electron chi connectivity index (χ1n) is 7.57. The van der Waals surface area contributed by atoms with Crippen LogP contribution < -0.4 is 0 Å². The normalized spacial score (nSPS) is 17.9. The van der Waals surface area contributed by atoms with Crippen LogP contribution in [0.25, 0.3) is 0 Å². The predicted molar refractivity (Wildman–Crippen MR) is 86.9 cm³/mol. The highest BCUT2D eigenvalue weighted by Crippen LogP contribution is 2.20. The Balaban J connectivity index is 2.22. The van der Waals surface area contributed by atoms with E-state index in [1.54, 1.807) is 0 Å². The van der Waals surface area contributed by atoms with Gasteiger partial charge in [-0.2, -0.15) is 0 Å². The van der Waals surface area contributed by atoms with Gasteiger partial charge in [0, 0.05) is 16.5 Å². The van der Waals surface area contributed by atoms with Gasteiger partial charge in [-0.25, -0.2) is 0 Å². The molecule has 0 radical (unpaired) electrons. The summed E-state index contributed by atoms with van der Waals surface area (Å²) in [5.41, 5.74) is 3.40. The van der Waals surface area contributed by atoms with Crippen molar-refractivity contribution in [2.24, 2.45) is 0 Å². The highest BCUT2D eigenvalue weighted by molar-refractivity contribution is 7.98. The maximum absolute atomic E-state index is 12.9. The van der Waals surface area contributed by atoms with Gasteiger partial charge in [0.1, 0.15) is 11.5 Å². The van der Waals surface area contributed by atoms with E-state index in [1.165, 1.54) is 11.1 Å². The molecule has 2 rings (SSSR count). The topological polar surface area (TPSA) is 26.3 Å². The molecule has 1 aliphatic heterocycles. The second kappa shape index (κ2) is 7.28. The number of rotatable bonds is 5. The molecule has 1 atom stereocenters. The van der Waals surface area contributed by atoms with E-state index in [1.807, 2.05) is 0 Å². The van der Waals surface area contributed by atoms with Crippen molar-refractivity contribution in [3.63, 3.8) is 0 Å². The van der Waals surface area contributed by atoms with E-state index in [2.05, 4.69) is 39.0 Å². The van der Waals surface area contributed by atoms with Crippen molar-refractivity contribution in [1.29, 1.82) is 0 Å². The fourth-order valence-corrected chi connectivity index (χ4v) is 4.65. The lowest BCUT2D eigenvalue weighted by Crippen LogP contribution is -2.38. The van der Waals surface area contributed by atoms with Gasteiger partial charge in [0.25, 0.3) is 0 Å². The molecule has 1 saturated heterocycles. The lowest BCUT2D eigenvalue weighted by atomic mass is 9.96. The Morgan fingerprint density at radius 2 is 1.95 bits per heavy atom. The molecule has 1 aromatic carbocycles. The Labute approximate surface area is 125 Å². The first-order chi connectivity index (χ1) is 9.67. The molecule has 2 nitrogen and oxygen atoms in total. The summed E-state index contributed by atoms with van der Waals surface area (Å²) in [6.07, 6.45) is 1.91. The second-order valence-electron chi connectivity index (χ2n) is 5.26. The number of ether oxygens (including phenoxy) is 1. The quantitative estimate of drug-likeness (QED) is 0.616. The molecule has 1 unspecified atom stereocenters. The summed E-state index contributed by atoms with van der Waals surface area (Å²) in [5.74, 6) is 2.42. The van der Waals surface area contributed by atoms with Crippen LogP contribution in [-0.4, -0.2) is 35.8 Å². The number of aryl methyl sites for hydroxylation is 2. The molecule has 0 saturated carbocycles. The van der Waals surface area contributed by atoms with E-state index in [0.717, 1.165) is 43.1 Å². The van der Waals surface area contributed by atoms with Crippen LogP contribution in [0.1, 0.15) is 42.3 Å². The van der Waals surface area contributed by atoms with Gasteiger partial charge in [-0.3, -0.25) is 4.79 Å². The number of benzene rings is 1. The molecule has 3 heteroatoms.